The smallest absolute Gasteiger partial charge is 0.407 e. The second kappa shape index (κ2) is 7.58. The van der Waals surface area contributed by atoms with Gasteiger partial charge >= 0.3 is 12.1 Å². The molecule has 18 heavy (non-hydrogen) atoms. The van der Waals surface area contributed by atoms with E-state index in [1.165, 1.54) is 20.3 Å². The number of hydrogen-bond donors (Lipinski definition) is 1. The summed E-state index contributed by atoms with van der Waals surface area (Å²) in [5.41, 5.74) is -0.532. The summed E-state index contributed by atoms with van der Waals surface area (Å²) in [7, 11) is 2.73. The Balaban J connectivity index is 4.06. The predicted octanol–water partition coefficient (Wildman–Crippen LogP) is 1.60. The molecule has 0 saturated heterocycles. The maximum Gasteiger partial charge on any atom is 0.407 e. The van der Waals surface area contributed by atoms with Crippen LogP contribution in [0.15, 0.2) is 11.8 Å². The van der Waals surface area contributed by atoms with E-state index in [1.807, 2.05) is 0 Å². The molecule has 0 rings (SSSR count). The zero-order chi connectivity index (χ0) is 14.2. The van der Waals surface area contributed by atoms with Gasteiger partial charge in [0.05, 0.1) is 20.3 Å². The van der Waals surface area contributed by atoms with Crippen molar-refractivity contribution in [2.24, 2.45) is 0 Å². The molecule has 0 radical (unpaired) electrons. The number of carbonyl (C=O) groups is 2. The molecule has 0 aromatic heterocycles. The third-order valence-electron chi connectivity index (χ3n) is 1.78. The van der Waals surface area contributed by atoms with Crippen LogP contribution in [0.2, 0.25) is 0 Å². The van der Waals surface area contributed by atoms with E-state index < -0.39 is 17.7 Å². The lowest BCUT2D eigenvalue weighted by Gasteiger charge is -2.19. The van der Waals surface area contributed by atoms with Crippen molar-refractivity contribution >= 4 is 12.1 Å². The van der Waals surface area contributed by atoms with Crippen molar-refractivity contribution in [1.29, 1.82) is 0 Å². The Kier molecular flexibility index (Phi) is 6.85. The van der Waals surface area contributed by atoms with Gasteiger partial charge in [0, 0.05) is 13.0 Å². The molecule has 1 N–H and O–H groups in total. The summed E-state index contributed by atoms with van der Waals surface area (Å²) < 4.78 is 14.5. The molecule has 0 aliphatic rings. The maximum absolute atomic E-state index is 11.3. The van der Waals surface area contributed by atoms with E-state index in [9.17, 15) is 9.59 Å². The van der Waals surface area contributed by atoms with Crippen LogP contribution >= 0.6 is 0 Å². The Morgan fingerprint density at radius 1 is 1.17 bits per heavy atom. The number of alkyl carbamates (subject to hydrolysis) is 1. The molecule has 0 atom stereocenters. The van der Waals surface area contributed by atoms with E-state index in [1.54, 1.807) is 20.8 Å². The zero-order valence-electron chi connectivity index (χ0n) is 11.5. The summed E-state index contributed by atoms with van der Waals surface area (Å²) in [6.07, 6.45) is 1.11. The Bertz CT molecular complexity index is 317. The van der Waals surface area contributed by atoms with E-state index in [0.29, 0.717) is 18.7 Å². The van der Waals surface area contributed by atoms with Gasteiger partial charge in [-0.25, -0.2) is 9.59 Å². The minimum Gasteiger partial charge on any atom is -0.501 e. The number of hydrogen-bond acceptors (Lipinski definition) is 5. The minimum atomic E-state index is -0.532. The number of carbonyl (C=O) groups excluding carboxylic acids is 2. The molecule has 104 valence electrons. The average Bonchev–Trinajstić information content (AvgIpc) is 2.24. The highest BCUT2D eigenvalue weighted by atomic mass is 16.6. The second-order valence-electron chi connectivity index (χ2n) is 4.52. The van der Waals surface area contributed by atoms with Crippen molar-refractivity contribution in [3.05, 3.63) is 11.8 Å². The quantitative estimate of drug-likeness (QED) is 0.461. The topological polar surface area (TPSA) is 73.9 Å². The van der Waals surface area contributed by atoms with Gasteiger partial charge in [0.15, 0.2) is 0 Å². The molecule has 0 fully saturated rings. The van der Waals surface area contributed by atoms with Gasteiger partial charge in [-0.1, -0.05) is 0 Å². The molecule has 0 aliphatic carbocycles. The van der Waals surface area contributed by atoms with Gasteiger partial charge < -0.3 is 19.5 Å². The molecular weight excluding hydrogens is 238 g/mol. The molecule has 0 aliphatic heterocycles. The number of nitrogens with one attached hydrogen (secondary N) is 1. The number of ether oxygens (including phenoxy) is 3. The van der Waals surface area contributed by atoms with Crippen LogP contribution in [0.3, 0.4) is 0 Å². The lowest BCUT2D eigenvalue weighted by Crippen LogP contribution is -2.33. The molecular formula is C12H21NO5. The Morgan fingerprint density at radius 2 is 1.78 bits per heavy atom. The second-order valence-corrected chi connectivity index (χ2v) is 4.52. The summed E-state index contributed by atoms with van der Waals surface area (Å²) in [5, 5.41) is 2.56. The van der Waals surface area contributed by atoms with Crippen molar-refractivity contribution in [1.82, 2.24) is 5.32 Å². The summed E-state index contributed by atoms with van der Waals surface area (Å²) in [6, 6.07) is 0. The number of amides is 1. The first kappa shape index (κ1) is 16.3. The van der Waals surface area contributed by atoms with Crippen molar-refractivity contribution in [2.45, 2.75) is 32.8 Å². The highest BCUT2D eigenvalue weighted by Crippen LogP contribution is 2.07. The van der Waals surface area contributed by atoms with Crippen LogP contribution in [0.4, 0.5) is 4.79 Å². The van der Waals surface area contributed by atoms with E-state index >= 15 is 0 Å². The van der Waals surface area contributed by atoms with Crippen molar-refractivity contribution in [2.75, 3.05) is 20.8 Å². The van der Waals surface area contributed by atoms with Crippen molar-refractivity contribution in [3.63, 3.8) is 0 Å². The summed E-state index contributed by atoms with van der Waals surface area (Å²) in [6.45, 7) is 5.66. The number of methoxy groups -OCH3 is 2. The first-order valence-corrected chi connectivity index (χ1v) is 5.58. The number of rotatable bonds is 5. The fourth-order valence-electron chi connectivity index (χ4n) is 1.03. The van der Waals surface area contributed by atoms with Gasteiger partial charge in [-0.3, -0.25) is 0 Å². The van der Waals surface area contributed by atoms with Crippen molar-refractivity contribution < 1.29 is 23.8 Å². The molecule has 6 nitrogen and oxygen atoms in total. The molecule has 0 aromatic carbocycles. The zero-order valence-corrected chi connectivity index (χ0v) is 11.5. The van der Waals surface area contributed by atoms with Gasteiger partial charge in [0.2, 0.25) is 0 Å². The molecule has 1 amide bonds. The van der Waals surface area contributed by atoms with Crippen LogP contribution < -0.4 is 5.32 Å². The van der Waals surface area contributed by atoms with Gasteiger partial charge in [0.25, 0.3) is 0 Å². The van der Waals surface area contributed by atoms with Crippen molar-refractivity contribution in [3.8, 4) is 0 Å². The van der Waals surface area contributed by atoms with Crippen LogP contribution in [-0.2, 0) is 19.0 Å². The fourth-order valence-corrected chi connectivity index (χ4v) is 1.03. The third-order valence-corrected chi connectivity index (χ3v) is 1.78. The first-order chi connectivity index (χ1) is 8.28. The monoisotopic (exact) mass is 259 g/mol. The van der Waals surface area contributed by atoms with Gasteiger partial charge in [-0.15, -0.1) is 0 Å². The highest BCUT2D eigenvalue weighted by Gasteiger charge is 2.15. The van der Waals surface area contributed by atoms with Crippen LogP contribution in [0.5, 0.6) is 0 Å². The van der Waals surface area contributed by atoms with Crippen LogP contribution in [-0.4, -0.2) is 38.4 Å². The summed E-state index contributed by atoms with van der Waals surface area (Å²) in [5.74, 6) is -0.0676. The molecule has 0 aromatic rings. The van der Waals surface area contributed by atoms with E-state index in [0.717, 1.165) is 0 Å². The van der Waals surface area contributed by atoms with Crippen LogP contribution in [0, 0.1) is 0 Å². The Hall–Kier alpha value is -1.72. The summed E-state index contributed by atoms with van der Waals surface area (Å²) in [4.78, 5) is 22.3. The normalized spacial score (nSPS) is 11.7. The van der Waals surface area contributed by atoms with E-state index in [4.69, 9.17) is 9.47 Å². The largest absolute Gasteiger partial charge is 0.501 e. The molecule has 6 heteroatoms. The molecule has 0 saturated carbocycles. The van der Waals surface area contributed by atoms with Crippen LogP contribution in [0.1, 0.15) is 27.2 Å². The minimum absolute atomic E-state index is 0.311. The predicted molar refractivity (Wildman–Crippen MR) is 66.0 cm³/mol. The number of esters is 1. The third kappa shape index (κ3) is 8.43. The van der Waals surface area contributed by atoms with E-state index in [2.05, 4.69) is 10.1 Å². The highest BCUT2D eigenvalue weighted by molar-refractivity contribution is 5.82. The van der Waals surface area contributed by atoms with Gasteiger partial charge in [-0.05, 0) is 20.8 Å². The molecule has 0 unspecified atom stereocenters. The summed E-state index contributed by atoms with van der Waals surface area (Å²) >= 11 is 0. The average molecular weight is 259 g/mol. The molecule has 0 bridgehead atoms. The SMILES string of the molecule is COC(=O)/C=C(/CCNC(=O)OC(C)(C)C)OC. The maximum atomic E-state index is 11.3. The molecule has 0 spiro atoms. The molecule has 0 heterocycles. The Morgan fingerprint density at radius 3 is 2.22 bits per heavy atom. The Labute approximate surface area is 107 Å². The lowest BCUT2D eigenvalue weighted by molar-refractivity contribution is -0.135. The van der Waals surface area contributed by atoms with Gasteiger partial charge in [-0.2, -0.15) is 0 Å². The fraction of sp³-hybridized carbons (Fsp3) is 0.667. The standard InChI is InChI=1S/C12H21NO5/c1-12(2,3)18-11(15)13-7-6-9(16-4)8-10(14)17-5/h8H,6-7H2,1-5H3,(H,13,15)/b9-8-. The van der Waals surface area contributed by atoms with E-state index in [-0.39, 0.29) is 0 Å². The first-order valence-electron chi connectivity index (χ1n) is 5.58. The van der Waals surface area contributed by atoms with Gasteiger partial charge in [0.1, 0.15) is 11.4 Å². The van der Waals surface area contributed by atoms with Crippen LogP contribution in [0.25, 0.3) is 0 Å². The lowest BCUT2D eigenvalue weighted by atomic mass is 10.2.